The summed E-state index contributed by atoms with van der Waals surface area (Å²) in [6.07, 6.45) is 1.11. The number of amides is 1. The van der Waals surface area contributed by atoms with Crippen molar-refractivity contribution < 1.29 is 9.18 Å². The zero-order chi connectivity index (χ0) is 12.0. The first-order valence-electron chi connectivity index (χ1n) is 5.34. The lowest BCUT2D eigenvalue weighted by molar-refractivity contribution is -0.121. The molecule has 0 heterocycles. The first kappa shape index (κ1) is 12.6. The zero-order valence-electron chi connectivity index (χ0n) is 9.37. The Labute approximate surface area is 94.8 Å². The number of rotatable bonds is 5. The molecule has 0 aliphatic heterocycles. The predicted octanol–water partition coefficient (Wildman–Crippen LogP) is 1.57. The average Bonchev–Trinajstić information content (AvgIpc) is 2.25. The molecular weight excluding hydrogens is 207 g/mol. The van der Waals surface area contributed by atoms with Gasteiger partial charge >= 0.3 is 0 Å². The molecule has 0 saturated carbocycles. The summed E-state index contributed by atoms with van der Waals surface area (Å²) in [5.41, 5.74) is 6.43. The van der Waals surface area contributed by atoms with Crippen LogP contribution in [-0.4, -0.2) is 11.9 Å². The highest BCUT2D eigenvalue weighted by Gasteiger charge is 2.03. The molecule has 0 aliphatic carbocycles. The second kappa shape index (κ2) is 6.23. The average molecular weight is 224 g/mol. The van der Waals surface area contributed by atoms with E-state index >= 15 is 0 Å². The molecule has 0 spiro atoms. The number of halogens is 1. The van der Waals surface area contributed by atoms with Gasteiger partial charge in [0.05, 0.1) is 0 Å². The summed E-state index contributed by atoms with van der Waals surface area (Å²) in [7, 11) is 0. The molecule has 1 aromatic rings. The summed E-state index contributed by atoms with van der Waals surface area (Å²) in [6.45, 7) is 2.30. The van der Waals surface area contributed by atoms with E-state index < -0.39 is 0 Å². The van der Waals surface area contributed by atoms with Gasteiger partial charge in [-0.1, -0.05) is 12.1 Å². The van der Waals surface area contributed by atoms with Gasteiger partial charge < -0.3 is 11.1 Å². The van der Waals surface area contributed by atoms with E-state index in [1.54, 1.807) is 12.1 Å². The van der Waals surface area contributed by atoms with Gasteiger partial charge in [0.25, 0.3) is 0 Å². The minimum Gasteiger partial charge on any atom is -0.352 e. The smallest absolute Gasteiger partial charge is 0.220 e. The zero-order valence-corrected chi connectivity index (χ0v) is 9.37. The van der Waals surface area contributed by atoms with Crippen molar-refractivity contribution in [2.24, 2.45) is 5.73 Å². The number of benzene rings is 1. The normalized spacial score (nSPS) is 12.2. The van der Waals surface area contributed by atoms with Gasteiger partial charge in [0.1, 0.15) is 5.82 Å². The van der Waals surface area contributed by atoms with Crippen molar-refractivity contribution >= 4 is 5.91 Å². The van der Waals surface area contributed by atoms with Crippen molar-refractivity contribution in [1.82, 2.24) is 5.32 Å². The number of carbonyl (C=O) groups is 1. The molecule has 0 aliphatic rings. The topological polar surface area (TPSA) is 55.1 Å². The van der Waals surface area contributed by atoms with Crippen LogP contribution in [0.15, 0.2) is 24.3 Å². The third-order valence-corrected chi connectivity index (χ3v) is 2.23. The molecule has 0 saturated heterocycles. The molecule has 1 amide bonds. The molecule has 4 heteroatoms. The van der Waals surface area contributed by atoms with E-state index in [0.29, 0.717) is 19.4 Å². The van der Waals surface area contributed by atoms with Gasteiger partial charge in [-0.05, 0) is 31.0 Å². The lowest BCUT2D eigenvalue weighted by atomic mass is 10.2. The van der Waals surface area contributed by atoms with Crippen LogP contribution in [0.2, 0.25) is 0 Å². The van der Waals surface area contributed by atoms with Crippen molar-refractivity contribution in [3.63, 3.8) is 0 Å². The van der Waals surface area contributed by atoms with E-state index in [1.807, 2.05) is 6.92 Å². The summed E-state index contributed by atoms with van der Waals surface area (Å²) >= 11 is 0. The van der Waals surface area contributed by atoms with Crippen LogP contribution in [-0.2, 0) is 11.3 Å². The standard InChI is InChI=1S/C12H17FN2O/c1-9(14)2-7-12(16)15-8-10-3-5-11(13)6-4-10/h3-6,9H,2,7-8,14H2,1H3,(H,15,16)/t9-/m0/s1. The Morgan fingerprint density at radius 1 is 1.44 bits per heavy atom. The van der Waals surface area contributed by atoms with Gasteiger partial charge in [-0.2, -0.15) is 0 Å². The Balaban J connectivity index is 2.29. The largest absolute Gasteiger partial charge is 0.352 e. The van der Waals surface area contributed by atoms with Gasteiger partial charge in [-0.15, -0.1) is 0 Å². The van der Waals surface area contributed by atoms with Crippen LogP contribution < -0.4 is 11.1 Å². The fraction of sp³-hybridized carbons (Fsp3) is 0.417. The Kier molecular flexibility index (Phi) is 4.92. The lowest BCUT2D eigenvalue weighted by Gasteiger charge is -2.06. The van der Waals surface area contributed by atoms with Crippen molar-refractivity contribution in [2.75, 3.05) is 0 Å². The second-order valence-electron chi connectivity index (χ2n) is 3.92. The Hall–Kier alpha value is -1.42. The third kappa shape index (κ3) is 4.89. The summed E-state index contributed by atoms with van der Waals surface area (Å²) in [6, 6.07) is 6.10. The highest BCUT2D eigenvalue weighted by molar-refractivity contribution is 5.75. The minimum absolute atomic E-state index is 0.0263. The maximum absolute atomic E-state index is 12.6. The van der Waals surface area contributed by atoms with Gasteiger partial charge in [0.2, 0.25) is 5.91 Å². The minimum atomic E-state index is -0.271. The second-order valence-corrected chi connectivity index (χ2v) is 3.92. The van der Waals surface area contributed by atoms with Gasteiger partial charge in [-0.3, -0.25) is 4.79 Å². The molecule has 1 aromatic carbocycles. The molecule has 0 fully saturated rings. The van der Waals surface area contributed by atoms with E-state index in [1.165, 1.54) is 12.1 Å². The quantitative estimate of drug-likeness (QED) is 0.797. The molecule has 0 bridgehead atoms. The SMILES string of the molecule is C[C@H](N)CCC(=O)NCc1ccc(F)cc1. The van der Waals surface area contributed by atoms with E-state index in [-0.39, 0.29) is 17.8 Å². The summed E-state index contributed by atoms with van der Waals surface area (Å²) in [4.78, 5) is 11.3. The van der Waals surface area contributed by atoms with Crippen LogP contribution in [0.4, 0.5) is 4.39 Å². The van der Waals surface area contributed by atoms with Gasteiger partial charge in [0, 0.05) is 19.0 Å². The van der Waals surface area contributed by atoms with E-state index in [4.69, 9.17) is 5.73 Å². The number of nitrogens with one attached hydrogen (secondary N) is 1. The molecule has 3 N–H and O–H groups in total. The highest BCUT2D eigenvalue weighted by Crippen LogP contribution is 2.02. The van der Waals surface area contributed by atoms with Crippen LogP contribution in [0.5, 0.6) is 0 Å². The number of hydrogen-bond acceptors (Lipinski definition) is 2. The Morgan fingerprint density at radius 2 is 2.06 bits per heavy atom. The lowest BCUT2D eigenvalue weighted by Crippen LogP contribution is -2.25. The molecule has 0 radical (unpaired) electrons. The number of carbonyl (C=O) groups excluding carboxylic acids is 1. The van der Waals surface area contributed by atoms with Crippen LogP contribution in [0.25, 0.3) is 0 Å². The predicted molar refractivity (Wildman–Crippen MR) is 61.1 cm³/mol. The number of hydrogen-bond donors (Lipinski definition) is 2. The molecule has 0 unspecified atom stereocenters. The maximum Gasteiger partial charge on any atom is 0.220 e. The fourth-order valence-corrected chi connectivity index (χ4v) is 1.25. The Bertz CT molecular complexity index is 335. The van der Waals surface area contributed by atoms with Crippen LogP contribution in [0.3, 0.4) is 0 Å². The van der Waals surface area contributed by atoms with Crippen LogP contribution in [0, 0.1) is 5.82 Å². The monoisotopic (exact) mass is 224 g/mol. The molecule has 1 rings (SSSR count). The molecule has 0 aromatic heterocycles. The highest BCUT2D eigenvalue weighted by atomic mass is 19.1. The fourth-order valence-electron chi connectivity index (χ4n) is 1.25. The van der Waals surface area contributed by atoms with Gasteiger partial charge in [0.15, 0.2) is 0 Å². The molecule has 1 atom stereocenters. The number of nitrogens with two attached hydrogens (primary N) is 1. The van der Waals surface area contributed by atoms with Crippen LogP contribution >= 0.6 is 0 Å². The summed E-state index contributed by atoms with van der Waals surface area (Å²) in [5.74, 6) is -0.298. The van der Waals surface area contributed by atoms with E-state index in [2.05, 4.69) is 5.32 Å². The van der Waals surface area contributed by atoms with Crippen molar-refractivity contribution in [2.45, 2.75) is 32.4 Å². The third-order valence-electron chi connectivity index (χ3n) is 2.23. The van der Waals surface area contributed by atoms with Crippen molar-refractivity contribution in [3.8, 4) is 0 Å². The molecular formula is C12H17FN2O. The van der Waals surface area contributed by atoms with Gasteiger partial charge in [-0.25, -0.2) is 4.39 Å². The first-order chi connectivity index (χ1) is 7.58. The van der Waals surface area contributed by atoms with Crippen molar-refractivity contribution in [3.05, 3.63) is 35.6 Å². The maximum atomic E-state index is 12.6. The molecule has 16 heavy (non-hydrogen) atoms. The van der Waals surface area contributed by atoms with E-state index in [0.717, 1.165) is 5.56 Å². The summed E-state index contributed by atoms with van der Waals surface area (Å²) < 4.78 is 12.6. The first-order valence-corrected chi connectivity index (χ1v) is 5.34. The van der Waals surface area contributed by atoms with E-state index in [9.17, 15) is 9.18 Å². The van der Waals surface area contributed by atoms with Crippen LogP contribution in [0.1, 0.15) is 25.3 Å². The molecule has 88 valence electrons. The Morgan fingerprint density at radius 3 is 2.62 bits per heavy atom. The molecule has 3 nitrogen and oxygen atoms in total. The van der Waals surface area contributed by atoms with Crippen molar-refractivity contribution in [1.29, 1.82) is 0 Å². The summed E-state index contributed by atoms with van der Waals surface area (Å²) in [5, 5.41) is 2.76.